The molecule has 0 bridgehead atoms. The molecule has 9 nitrogen and oxygen atoms in total. The van der Waals surface area contributed by atoms with Crippen molar-refractivity contribution in [3.05, 3.63) is 146 Å². The van der Waals surface area contributed by atoms with Crippen LogP contribution in [-0.2, 0) is 33.3 Å². The molecule has 0 rings (SSSR count). The summed E-state index contributed by atoms with van der Waals surface area (Å²) in [6, 6.07) is 0. The Morgan fingerprint density at radius 2 is 0.651 bits per heavy atom. The van der Waals surface area contributed by atoms with Crippen LogP contribution in [0.4, 0.5) is 0 Å². The first-order valence-electron chi connectivity index (χ1n) is 33.0. The second kappa shape index (κ2) is 63.2. The van der Waals surface area contributed by atoms with Crippen LogP contribution in [-0.4, -0.2) is 82.3 Å². The van der Waals surface area contributed by atoms with Gasteiger partial charge in [0.25, 0.3) is 0 Å². The first kappa shape index (κ1) is 78.2. The summed E-state index contributed by atoms with van der Waals surface area (Å²) in [6.45, 7) is 4.50. The average molecular weight is 1150 g/mol. The van der Waals surface area contributed by atoms with Gasteiger partial charge in [0.15, 0.2) is 12.4 Å². The Hall–Kier alpha value is -4.83. The lowest BCUT2D eigenvalue weighted by molar-refractivity contribution is -0.870. The number of carboxylic acids is 1. The number of carbonyl (C=O) groups is 3. The molecule has 0 aliphatic heterocycles. The lowest BCUT2D eigenvalue weighted by Crippen LogP contribution is -2.44. The molecule has 0 aliphatic carbocycles. The minimum atomic E-state index is -1.63. The fraction of sp³-hybridized carbons (Fsp3) is 0.635. The average Bonchev–Trinajstić information content (AvgIpc) is 3.46. The summed E-state index contributed by atoms with van der Waals surface area (Å²) >= 11 is 0. The number of unbranched alkanes of at least 4 members (excludes halogenated alkanes) is 20. The molecule has 0 fully saturated rings. The summed E-state index contributed by atoms with van der Waals surface area (Å²) < 4.78 is 22.7. The normalized spacial score (nSPS) is 13.7. The van der Waals surface area contributed by atoms with Crippen molar-refractivity contribution in [1.29, 1.82) is 0 Å². The highest BCUT2D eigenvalue weighted by atomic mass is 16.7. The Kier molecular flexibility index (Phi) is 59.5. The SMILES string of the molecule is CC/C=C\C/C=C\C/C=C\C/C=C\C/C=C\C/C=C\C/C=C\C/C=C\CCCCCCCCCCCCCCC(=O)OC(COC(=O)CCCCCCCCCC/C=C\C/C=C\C/C=C\C/C=C\CC)COC(OCC[N+](C)(C)C)C(=O)[O-]. The van der Waals surface area contributed by atoms with E-state index in [0.29, 0.717) is 17.4 Å². The van der Waals surface area contributed by atoms with Crippen molar-refractivity contribution >= 4 is 17.9 Å². The number of carboxylic acid groups (broad SMARTS) is 1. The fourth-order valence-electron chi connectivity index (χ4n) is 8.60. The van der Waals surface area contributed by atoms with Crippen molar-refractivity contribution in [3.8, 4) is 0 Å². The van der Waals surface area contributed by atoms with Gasteiger partial charge >= 0.3 is 11.9 Å². The van der Waals surface area contributed by atoms with Gasteiger partial charge < -0.3 is 33.3 Å². The molecular formula is C74H121NO8. The minimum Gasteiger partial charge on any atom is -0.545 e. The number of likely N-dealkylation sites (N-methyl/N-ethyl adjacent to an activating group) is 1. The van der Waals surface area contributed by atoms with Gasteiger partial charge in [0, 0.05) is 12.8 Å². The summed E-state index contributed by atoms with van der Waals surface area (Å²) in [6.07, 6.45) is 89.1. The van der Waals surface area contributed by atoms with E-state index in [4.69, 9.17) is 18.9 Å². The van der Waals surface area contributed by atoms with Crippen LogP contribution in [0.2, 0.25) is 0 Å². The highest BCUT2D eigenvalue weighted by Crippen LogP contribution is 2.16. The molecule has 0 N–H and O–H groups in total. The zero-order valence-electron chi connectivity index (χ0n) is 53.5. The Balaban J connectivity index is 4.18. The number of hydrogen-bond donors (Lipinski definition) is 0. The van der Waals surface area contributed by atoms with E-state index >= 15 is 0 Å². The van der Waals surface area contributed by atoms with E-state index in [1.54, 1.807) is 0 Å². The largest absolute Gasteiger partial charge is 0.545 e. The molecule has 2 unspecified atom stereocenters. The van der Waals surface area contributed by atoms with Crippen LogP contribution in [0, 0.1) is 0 Å². The maximum Gasteiger partial charge on any atom is 0.306 e. The van der Waals surface area contributed by atoms with Crippen LogP contribution < -0.4 is 5.11 Å². The lowest BCUT2D eigenvalue weighted by atomic mass is 10.0. The quantitative estimate of drug-likeness (QED) is 0.0195. The van der Waals surface area contributed by atoms with Crippen LogP contribution in [0.3, 0.4) is 0 Å². The second-order valence-electron chi connectivity index (χ2n) is 22.6. The predicted octanol–water partition coefficient (Wildman–Crippen LogP) is 19.0. The molecule has 0 saturated heterocycles. The van der Waals surface area contributed by atoms with E-state index in [1.807, 2.05) is 21.1 Å². The van der Waals surface area contributed by atoms with Crippen molar-refractivity contribution in [2.45, 2.75) is 257 Å². The van der Waals surface area contributed by atoms with Crippen LogP contribution in [0.5, 0.6) is 0 Å². The van der Waals surface area contributed by atoms with Gasteiger partial charge in [-0.15, -0.1) is 0 Å². The van der Waals surface area contributed by atoms with Gasteiger partial charge in [-0.25, -0.2) is 0 Å². The van der Waals surface area contributed by atoms with Crippen LogP contribution in [0.15, 0.2) is 146 Å². The molecule has 0 aliphatic rings. The first-order valence-corrected chi connectivity index (χ1v) is 33.0. The van der Waals surface area contributed by atoms with Gasteiger partial charge in [-0.1, -0.05) is 262 Å². The molecule has 9 heteroatoms. The fourth-order valence-corrected chi connectivity index (χ4v) is 8.60. The third-order valence-electron chi connectivity index (χ3n) is 13.6. The number of carbonyl (C=O) groups excluding carboxylic acids is 3. The Morgan fingerprint density at radius 3 is 0.964 bits per heavy atom. The van der Waals surface area contributed by atoms with E-state index in [0.717, 1.165) is 135 Å². The number of quaternary nitrogens is 1. The van der Waals surface area contributed by atoms with E-state index < -0.39 is 24.3 Å². The number of ether oxygens (including phenoxy) is 4. The molecule has 0 aromatic carbocycles. The molecule has 0 heterocycles. The maximum atomic E-state index is 12.9. The van der Waals surface area contributed by atoms with Gasteiger partial charge in [-0.3, -0.25) is 9.59 Å². The van der Waals surface area contributed by atoms with E-state index in [-0.39, 0.29) is 38.6 Å². The Morgan fingerprint density at radius 1 is 0.361 bits per heavy atom. The molecule has 83 heavy (non-hydrogen) atoms. The second-order valence-corrected chi connectivity index (χ2v) is 22.6. The molecular weight excluding hydrogens is 1030 g/mol. The number of esters is 2. The molecule has 0 radical (unpaired) electrons. The van der Waals surface area contributed by atoms with Gasteiger partial charge in [0.2, 0.25) is 0 Å². The van der Waals surface area contributed by atoms with E-state index in [2.05, 4.69) is 160 Å². The smallest absolute Gasteiger partial charge is 0.306 e. The third kappa shape index (κ3) is 64.6. The van der Waals surface area contributed by atoms with Crippen molar-refractivity contribution in [2.75, 3.05) is 47.5 Å². The zero-order chi connectivity index (χ0) is 60.5. The summed E-state index contributed by atoms with van der Waals surface area (Å²) in [7, 11) is 5.91. The number of nitrogens with zero attached hydrogens (tertiary/aromatic N) is 1. The van der Waals surface area contributed by atoms with Gasteiger partial charge in [0.05, 0.1) is 40.3 Å². The van der Waals surface area contributed by atoms with Crippen molar-refractivity contribution in [1.82, 2.24) is 0 Å². The Labute approximate surface area is 509 Å². The van der Waals surface area contributed by atoms with Crippen LogP contribution >= 0.6 is 0 Å². The topological polar surface area (TPSA) is 111 Å². The molecule has 0 aromatic heterocycles. The summed E-state index contributed by atoms with van der Waals surface area (Å²) in [4.78, 5) is 37.4. The molecule has 0 saturated carbocycles. The highest BCUT2D eigenvalue weighted by Gasteiger charge is 2.22. The Bertz CT molecular complexity index is 1870. The summed E-state index contributed by atoms with van der Waals surface area (Å²) in [5, 5.41) is 11.8. The molecule has 0 spiro atoms. The molecule has 0 amide bonds. The van der Waals surface area contributed by atoms with E-state index in [9.17, 15) is 19.5 Å². The standard InChI is InChI=1S/C74H121NO8/c1-6-8-10-12-14-16-18-20-22-24-26-28-29-30-31-32-33-34-35-36-37-38-39-40-41-42-43-45-47-49-51-53-55-57-59-61-63-65-72(77)83-70(69-82-74(73(78)79)80-67-66-75(3,4)5)68-81-71(76)64-62-60-58-56-54-52-50-48-46-44-27-25-23-21-19-17-15-13-11-9-7-2/h8-11,14-17,20-23,26-28,30-31,33-34,36-37,39-40,44,70,74H,6-7,12-13,18-19,24-25,29,32,35,38,41-43,45-69H2,1-5H3/b10-8-,11-9-,16-14-,17-15-,22-20-,23-21-,28-26-,31-30-,34-33-,37-36-,40-39-,44-27-. The molecule has 470 valence electrons. The van der Waals surface area contributed by atoms with Gasteiger partial charge in [-0.05, 0) is 116 Å². The maximum absolute atomic E-state index is 12.9. The summed E-state index contributed by atoms with van der Waals surface area (Å²) in [5.74, 6) is -2.31. The number of allylic oxidation sites excluding steroid dienone is 24. The molecule has 2 atom stereocenters. The third-order valence-corrected chi connectivity index (χ3v) is 13.6. The van der Waals surface area contributed by atoms with Crippen LogP contribution in [0.1, 0.15) is 245 Å². The lowest BCUT2D eigenvalue weighted by Gasteiger charge is -2.26. The number of hydrogen-bond acceptors (Lipinski definition) is 8. The van der Waals surface area contributed by atoms with Crippen molar-refractivity contribution < 1.29 is 42.9 Å². The minimum absolute atomic E-state index is 0.139. The monoisotopic (exact) mass is 1150 g/mol. The van der Waals surface area contributed by atoms with Crippen LogP contribution in [0.25, 0.3) is 0 Å². The number of aliphatic carboxylic acids is 1. The molecule has 0 aromatic rings. The van der Waals surface area contributed by atoms with E-state index in [1.165, 1.54) is 77.0 Å². The summed E-state index contributed by atoms with van der Waals surface area (Å²) in [5.41, 5.74) is 0. The zero-order valence-corrected chi connectivity index (χ0v) is 53.5. The first-order chi connectivity index (χ1) is 40.6. The van der Waals surface area contributed by atoms with Gasteiger partial charge in [-0.2, -0.15) is 0 Å². The number of rotatable bonds is 59. The predicted molar refractivity (Wildman–Crippen MR) is 352 cm³/mol. The van der Waals surface area contributed by atoms with Crippen molar-refractivity contribution in [3.63, 3.8) is 0 Å². The highest BCUT2D eigenvalue weighted by molar-refractivity contribution is 5.70. The van der Waals surface area contributed by atoms with Crippen molar-refractivity contribution in [2.24, 2.45) is 0 Å². The van der Waals surface area contributed by atoms with Gasteiger partial charge in [0.1, 0.15) is 13.2 Å².